The van der Waals surface area contributed by atoms with Crippen LogP contribution < -0.4 is 10.5 Å². The lowest BCUT2D eigenvalue weighted by Gasteiger charge is -2.12. The van der Waals surface area contributed by atoms with Crippen LogP contribution in [0.2, 0.25) is 0 Å². The van der Waals surface area contributed by atoms with E-state index in [0.29, 0.717) is 22.6 Å². The number of rotatable bonds is 5. The first-order valence-electron chi connectivity index (χ1n) is 6.77. The second kappa shape index (κ2) is 5.77. The molecule has 6 nitrogen and oxygen atoms in total. The first-order chi connectivity index (χ1) is 9.83. The third-order valence-corrected chi connectivity index (χ3v) is 4.80. The Morgan fingerprint density at radius 2 is 1.86 bits per heavy atom. The number of nitrogens with two attached hydrogens (primary N) is 1. The summed E-state index contributed by atoms with van der Waals surface area (Å²) in [5.74, 6) is 0.300. The van der Waals surface area contributed by atoms with Gasteiger partial charge in [-0.25, -0.2) is 8.42 Å². The van der Waals surface area contributed by atoms with E-state index in [-0.39, 0.29) is 4.90 Å². The molecule has 1 aromatic heterocycles. The summed E-state index contributed by atoms with van der Waals surface area (Å²) in [6.07, 6.45) is 1.79. The molecule has 0 aliphatic heterocycles. The molecule has 0 saturated heterocycles. The molecule has 114 valence electrons. The number of nitrogen functional groups attached to an aromatic ring is 1. The summed E-state index contributed by atoms with van der Waals surface area (Å²) in [5, 5.41) is 6.80. The highest BCUT2D eigenvalue weighted by molar-refractivity contribution is 7.92. The number of H-pyrrole nitrogens is 1. The number of hydrogen-bond acceptors (Lipinski definition) is 4. The summed E-state index contributed by atoms with van der Waals surface area (Å²) in [6.45, 7) is 5.50. The van der Waals surface area contributed by atoms with Gasteiger partial charge in [0.15, 0.2) is 5.82 Å². The minimum atomic E-state index is -3.68. The van der Waals surface area contributed by atoms with Crippen LogP contribution in [0, 0.1) is 13.8 Å². The summed E-state index contributed by atoms with van der Waals surface area (Å²) in [4.78, 5) is 0.247. The number of aromatic amines is 1. The van der Waals surface area contributed by atoms with Crippen LogP contribution in [0.4, 0.5) is 11.5 Å². The zero-order valence-electron chi connectivity index (χ0n) is 12.4. The van der Waals surface area contributed by atoms with E-state index in [2.05, 4.69) is 14.9 Å². The van der Waals surface area contributed by atoms with Crippen LogP contribution in [-0.2, 0) is 16.4 Å². The Morgan fingerprint density at radius 3 is 2.43 bits per heavy atom. The first kappa shape index (κ1) is 15.4. The maximum Gasteiger partial charge on any atom is 0.263 e. The topological polar surface area (TPSA) is 101 Å². The van der Waals surface area contributed by atoms with Gasteiger partial charge in [0.25, 0.3) is 10.0 Å². The average molecular weight is 308 g/mol. The molecule has 7 heteroatoms. The number of aromatic nitrogens is 2. The van der Waals surface area contributed by atoms with Gasteiger partial charge in [-0.05, 0) is 43.5 Å². The average Bonchev–Trinajstić information content (AvgIpc) is 2.74. The maximum absolute atomic E-state index is 12.5. The van der Waals surface area contributed by atoms with Crippen LogP contribution in [0.15, 0.2) is 23.1 Å². The lowest BCUT2D eigenvalue weighted by Crippen LogP contribution is -2.16. The molecule has 0 amide bonds. The molecule has 0 fully saturated rings. The fraction of sp³-hybridized carbons (Fsp3) is 0.357. The Kier molecular flexibility index (Phi) is 4.22. The van der Waals surface area contributed by atoms with Gasteiger partial charge in [0.1, 0.15) is 0 Å². The van der Waals surface area contributed by atoms with E-state index >= 15 is 0 Å². The number of anilines is 2. The van der Waals surface area contributed by atoms with Crippen LogP contribution >= 0.6 is 0 Å². The Hall–Kier alpha value is -2.02. The van der Waals surface area contributed by atoms with E-state index in [4.69, 9.17) is 5.73 Å². The van der Waals surface area contributed by atoms with Crippen molar-refractivity contribution in [3.8, 4) is 0 Å². The predicted octanol–water partition coefficient (Wildman–Crippen LogP) is 2.36. The molecule has 0 saturated carbocycles. The Labute approximate surface area is 124 Å². The molecule has 0 unspecified atom stereocenters. The summed E-state index contributed by atoms with van der Waals surface area (Å²) in [5.41, 5.74) is 8.41. The van der Waals surface area contributed by atoms with E-state index in [0.717, 1.165) is 18.5 Å². The highest BCUT2D eigenvalue weighted by Crippen LogP contribution is 2.25. The third-order valence-electron chi connectivity index (χ3n) is 3.14. The quantitative estimate of drug-likeness (QED) is 0.738. The molecule has 0 atom stereocenters. The molecule has 2 aromatic rings. The lowest BCUT2D eigenvalue weighted by atomic mass is 10.1. The Balaban J connectivity index is 2.34. The smallest absolute Gasteiger partial charge is 0.263 e. The van der Waals surface area contributed by atoms with Crippen molar-refractivity contribution < 1.29 is 8.42 Å². The van der Waals surface area contributed by atoms with Gasteiger partial charge in [0.05, 0.1) is 4.90 Å². The van der Waals surface area contributed by atoms with Crippen molar-refractivity contribution >= 4 is 21.5 Å². The van der Waals surface area contributed by atoms with Gasteiger partial charge in [-0.15, -0.1) is 0 Å². The number of hydrogen-bond donors (Lipinski definition) is 3. The molecule has 0 bridgehead atoms. The Morgan fingerprint density at radius 1 is 1.24 bits per heavy atom. The van der Waals surface area contributed by atoms with Gasteiger partial charge in [-0.1, -0.05) is 13.3 Å². The number of aryl methyl sites for hydroxylation is 3. The van der Waals surface area contributed by atoms with Crippen LogP contribution in [-0.4, -0.2) is 18.6 Å². The minimum Gasteiger partial charge on any atom is -0.399 e. The second-order valence-corrected chi connectivity index (χ2v) is 6.74. The van der Waals surface area contributed by atoms with E-state index in [1.54, 1.807) is 32.0 Å². The van der Waals surface area contributed by atoms with Crippen molar-refractivity contribution in [3.05, 3.63) is 35.0 Å². The molecule has 0 radical (unpaired) electrons. The van der Waals surface area contributed by atoms with E-state index in [9.17, 15) is 8.42 Å². The van der Waals surface area contributed by atoms with E-state index in [1.807, 2.05) is 6.92 Å². The third kappa shape index (κ3) is 3.36. The fourth-order valence-electron chi connectivity index (χ4n) is 2.41. The summed E-state index contributed by atoms with van der Waals surface area (Å²) in [6, 6.07) is 5.01. The largest absolute Gasteiger partial charge is 0.399 e. The van der Waals surface area contributed by atoms with Gasteiger partial charge in [-0.2, -0.15) is 5.10 Å². The molecule has 4 N–H and O–H groups in total. The van der Waals surface area contributed by atoms with Gasteiger partial charge >= 0.3 is 0 Å². The second-order valence-electron chi connectivity index (χ2n) is 5.12. The predicted molar refractivity (Wildman–Crippen MR) is 83.7 cm³/mol. The van der Waals surface area contributed by atoms with Crippen molar-refractivity contribution in [2.24, 2.45) is 0 Å². The molecule has 1 heterocycles. The number of benzene rings is 1. The lowest BCUT2D eigenvalue weighted by molar-refractivity contribution is 0.600. The normalized spacial score (nSPS) is 11.6. The summed E-state index contributed by atoms with van der Waals surface area (Å²) < 4.78 is 27.5. The van der Waals surface area contributed by atoms with Crippen molar-refractivity contribution in [3.63, 3.8) is 0 Å². The molecule has 0 aliphatic rings. The first-order valence-corrected chi connectivity index (χ1v) is 8.25. The van der Waals surface area contributed by atoms with Crippen LogP contribution in [0.25, 0.3) is 0 Å². The summed E-state index contributed by atoms with van der Waals surface area (Å²) >= 11 is 0. The van der Waals surface area contributed by atoms with Gasteiger partial charge in [0, 0.05) is 17.4 Å². The van der Waals surface area contributed by atoms with Crippen molar-refractivity contribution in [2.75, 3.05) is 10.5 Å². The van der Waals surface area contributed by atoms with E-state index in [1.165, 1.54) is 0 Å². The van der Waals surface area contributed by atoms with Crippen molar-refractivity contribution in [2.45, 2.75) is 38.5 Å². The Bertz CT molecular complexity index is 727. The van der Waals surface area contributed by atoms with Gasteiger partial charge in [0.2, 0.25) is 0 Å². The fourth-order valence-corrected chi connectivity index (χ4v) is 3.86. The monoisotopic (exact) mass is 308 g/mol. The molecule has 1 aromatic carbocycles. The zero-order chi connectivity index (χ0) is 15.6. The number of nitrogens with one attached hydrogen (secondary N) is 2. The number of nitrogens with zero attached hydrogens (tertiary/aromatic N) is 1. The van der Waals surface area contributed by atoms with E-state index < -0.39 is 10.0 Å². The SMILES string of the molecule is CCCc1cc(NS(=O)(=O)c2c(C)cc(N)cc2C)n[nH]1. The summed E-state index contributed by atoms with van der Waals surface area (Å²) in [7, 11) is -3.68. The maximum atomic E-state index is 12.5. The van der Waals surface area contributed by atoms with Crippen LogP contribution in [0.5, 0.6) is 0 Å². The zero-order valence-corrected chi connectivity index (χ0v) is 13.2. The molecular formula is C14H20N4O2S. The van der Waals surface area contributed by atoms with Crippen molar-refractivity contribution in [1.29, 1.82) is 0 Å². The van der Waals surface area contributed by atoms with Crippen LogP contribution in [0.1, 0.15) is 30.2 Å². The standard InChI is InChI=1S/C14H20N4O2S/c1-4-5-12-8-13(17-16-12)18-21(19,20)14-9(2)6-11(15)7-10(14)3/h6-8H,4-5,15H2,1-3H3,(H2,16,17,18). The highest BCUT2D eigenvalue weighted by Gasteiger charge is 2.21. The van der Waals surface area contributed by atoms with Crippen LogP contribution in [0.3, 0.4) is 0 Å². The molecular weight excluding hydrogens is 288 g/mol. The van der Waals surface area contributed by atoms with Gasteiger partial charge < -0.3 is 5.73 Å². The number of sulfonamides is 1. The van der Waals surface area contributed by atoms with Crippen molar-refractivity contribution in [1.82, 2.24) is 10.2 Å². The highest BCUT2D eigenvalue weighted by atomic mass is 32.2. The molecule has 2 rings (SSSR count). The van der Waals surface area contributed by atoms with Gasteiger partial charge in [-0.3, -0.25) is 9.82 Å². The molecule has 0 spiro atoms. The molecule has 0 aliphatic carbocycles. The molecule has 21 heavy (non-hydrogen) atoms. The minimum absolute atomic E-state index is 0.247.